The highest BCUT2D eigenvalue weighted by Crippen LogP contribution is 2.44. The summed E-state index contributed by atoms with van der Waals surface area (Å²) in [7, 11) is 0. The highest BCUT2D eigenvalue weighted by atomic mass is 19.1. The molecule has 0 radical (unpaired) electrons. The molecule has 1 aromatic carbocycles. The van der Waals surface area contributed by atoms with E-state index in [1.807, 2.05) is 12.1 Å². The Bertz CT molecular complexity index is 674. The lowest BCUT2D eigenvalue weighted by molar-refractivity contribution is -0.134. The van der Waals surface area contributed by atoms with Crippen molar-refractivity contribution < 1.29 is 14.0 Å². The van der Waals surface area contributed by atoms with E-state index in [-0.39, 0.29) is 48.0 Å². The molecule has 3 aliphatic rings. The van der Waals surface area contributed by atoms with Gasteiger partial charge in [0.15, 0.2) is 0 Å². The standard InChI is InChI=1S/C19H24FN3O2/c20-14-5-3-12(4-6-14)15-10-23(19(25)13-1-2-13)17-7-8-22(9-16(15)17)11-18(21)24/h3-6,13,15-17H,1-2,7-11H2,(H2,21,24)/t15-,16-,17-/m1/s1. The Labute approximate surface area is 147 Å². The first-order valence-corrected chi connectivity index (χ1v) is 9.09. The number of carbonyl (C=O) groups is 2. The zero-order chi connectivity index (χ0) is 17.6. The fraction of sp³-hybridized carbons (Fsp3) is 0.579. The molecule has 6 heteroatoms. The van der Waals surface area contributed by atoms with Crippen molar-refractivity contribution in [1.82, 2.24) is 9.80 Å². The number of nitrogens with zero attached hydrogens (tertiary/aromatic N) is 2. The largest absolute Gasteiger partial charge is 0.369 e. The summed E-state index contributed by atoms with van der Waals surface area (Å²) >= 11 is 0. The number of primary amides is 1. The summed E-state index contributed by atoms with van der Waals surface area (Å²) in [5, 5.41) is 0. The second-order valence-corrected chi connectivity index (χ2v) is 7.64. The fourth-order valence-electron chi connectivity index (χ4n) is 4.55. The minimum absolute atomic E-state index is 0.184. The number of hydrogen-bond donors (Lipinski definition) is 1. The molecule has 0 bridgehead atoms. The van der Waals surface area contributed by atoms with E-state index in [1.165, 1.54) is 12.1 Å². The normalized spacial score (nSPS) is 29.5. The highest BCUT2D eigenvalue weighted by Gasteiger charge is 2.49. The van der Waals surface area contributed by atoms with Crippen LogP contribution in [0.15, 0.2) is 24.3 Å². The van der Waals surface area contributed by atoms with Crippen LogP contribution in [0.25, 0.3) is 0 Å². The molecule has 0 spiro atoms. The minimum atomic E-state index is -0.319. The van der Waals surface area contributed by atoms with Crippen LogP contribution in [0.2, 0.25) is 0 Å². The Morgan fingerprint density at radius 3 is 2.48 bits per heavy atom. The lowest BCUT2D eigenvalue weighted by atomic mass is 9.82. The van der Waals surface area contributed by atoms with Crippen LogP contribution >= 0.6 is 0 Å². The van der Waals surface area contributed by atoms with Crippen molar-refractivity contribution in [3.63, 3.8) is 0 Å². The van der Waals surface area contributed by atoms with Gasteiger partial charge in [0, 0.05) is 43.4 Å². The quantitative estimate of drug-likeness (QED) is 0.895. The number of rotatable bonds is 4. The molecule has 2 amide bonds. The van der Waals surface area contributed by atoms with Crippen molar-refractivity contribution in [2.45, 2.75) is 31.2 Å². The molecule has 1 aromatic rings. The second-order valence-electron chi connectivity index (χ2n) is 7.64. The molecule has 1 aliphatic carbocycles. The minimum Gasteiger partial charge on any atom is -0.369 e. The molecule has 2 aliphatic heterocycles. The molecular formula is C19H24FN3O2. The van der Waals surface area contributed by atoms with Crippen LogP contribution in [0.4, 0.5) is 4.39 Å². The Morgan fingerprint density at radius 2 is 1.84 bits per heavy atom. The molecular weight excluding hydrogens is 321 g/mol. The zero-order valence-electron chi connectivity index (χ0n) is 14.2. The predicted molar refractivity (Wildman–Crippen MR) is 91.1 cm³/mol. The summed E-state index contributed by atoms with van der Waals surface area (Å²) in [6, 6.07) is 6.84. The zero-order valence-corrected chi connectivity index (χ0v) is 14.2. The number of carbonyl (C=O) groups excluding carboxylic acids is 2. The molecule has 25 heavy (non-hydrogen) atoms. The molecule has 134 valence electrons. The Hall–Kier alpha value is -1.95. The molecule has 3 fully saturated rings. The second kappa shape index (κ2) is 6.41. The van der Waals surface area contributed by atoms with E-state index in [9.17, 15) is 14.0 Å². The van der Waals surface area contributed by atoms with Gasteiger partial charge in [0.1, 0.15) is 5.82 Å². The molecule has 5 nitrogen and oxygen atoms in total. The van der Waals surface area contributed by atoms with Crippen LogP contribution in [0.3, 0.4) is 0 Å². The number of nitrogens with two attached hydrogens (primary N) is 1. The summed E-state index contributed by atoms with van der Waals surface area (Å²) in [6.45, 7) is 2.50. The van der Waals surface area contributed by atoms with E-state index in [2.05, 4.69) is 9.80 Å². The van der Waals surface area contributed by atoms with Gasteiger partial charge in [0.25, 0.3) is 0 Å². The number of benzene rings is 1. The van der Waals surface area contributed by atoms with Gasteiger partial charge in [-0.2, -0.15) is 0 Å². The van der Waals surface area contributed by atoms with E-state index in [1.54, 1.807) is 0 Å². The van der Waals surface area contributed by atoms with Gasteiger partial charge in [-0.1, -0.05) is 12.1 Å². The Balaban J connectivity index is 1.59. The van der Waals surface area contributed by atoms with Crippen LogP contribution < -0.4 is 5.73 Å². The number of piperidine rings is 1. The van der Waals surface area contributed by atoms with Gasteiger partial charge in [-0.25, -0.2) is 4.39 Å². The average molecular weight is 345 g/mol. The van der Waals surface area contributed by atoms with Gasteiger partial charge in [0.2, 0.25) is 11.8 Å². The maximum absolute atomic E-state index is 13.3. The van der Waals surface area contributed by atoms with Gasteiger partial charge in [0.05, 0.1) is 6.54 Å². The van der Waals surface area contributed by atoms with Gasteiger partial charge in [-0.15, -0.1) is 0 Å². The summed E-state index contributed by atoms with van der Waals surface area (Å²) in [4.78, 5) is 28.2. The molecule has 3 atom stereocenters. The van der Waals surface area contributed by atoms with Crippen LogP contribution in [0.5, 0.6) is 0 Å². The molecule has 0 aromatic heterocycles. The summed E-state index contributed by atoms with van der Waals surface area (Å²) in [5.41, 5.74) is 6.43. The third-order valence-electron chi connectivity index (χ3n) is 5.90. The van der Waals surface area contributed by atoms with Gasteiger partial charge < -0.3 is 10.6 Å². The first-order valence-electron chi connectivity index (χ1n) is 9.09. The van der Waals surface area contributed by atoms with Gasteiger partial charge >= 0.3 is 0 Å². The van der Waals surface area contributed by atoms with Crippen LogP contribution in [0.1, 0.15) is 30.7 Å². The summed E-state index contributed by atoms with van der Waals surface area (Å²) in [5.74, 6) is 0.369. The van der Waals surface area contributed by atoms with Crippen LogP contribution in [-0.2, 0) is 9.59 Å². The number of amides is 2. The number of halogens is 1. The van der Waals surface area contributed by atoms with Crippen molar-refractivity contribution in [3.05, 3.63) is 35.6 Å². The summed E-state index contributed by atoms with van der Waals surface area (Å²) < 4.78 is 13.3. The van der Waals surface area contributed by atoms with Crippen molar-refractivity contribution >= 4 is 11.8 Å². The SMILES string of the molecule is NC(=O)CN1CC[C@@H]2[C@H](C1)[C@@H](c1ccc(F)cc1)CN2C(=O)C1CC1. The van der Waals surface area contributed by atoms with Gasteiger partial charge in [-0.05, 0) is 37.0 Å². The third-order valence-corrected chi connectivity index (χ3v) is 5.90. The lowest BCUT2D eigenvalue weighted by Gasteiger charge is -2.38. The van der Waals surface area contributed by atoms with Crippen LogP contribution in [-0.4, -0.2) is 53.8 Å². The Morgan fingerprint density at radius 1 is 1.12 bits per heavy atom. The molecule has 2 heterocycles. The molecule has 2 N–H and O–H groups in total. The van der Waals surface area contributed by atoms with Crippen molar-refractivity contribution in [3.8, 4) is 0 Å². The third kappa shape index (κ3) is 3.27. The van der Waals surface area contributed by atoms with E-state index in [4.69, 9.17) is 5.73 Å². The number of likely N-dealkylation sites (tertiary alicyclic amines) is 2. The topological polar surface area (TPSA) is 66.6 Å². The first-order chi connectivity index (χ1) is 12.0. The van der Waals surface area contributed by atoms with E-state index < -0.39 is 0 Å². The Kier molecular flexibility index (Phi) is 4.23. The van der Waals surface area contributed by atoms with Crippen molar-refractivity contribution in [2.24, 2.45) is 17.6 Å². The monoisotopic (exact) mass is 345 g/mol. The highest BCUT2D eigenvalue weighted by molar-refractivity contribution is 5.82. The molecule has 0 unspecified atom stereocenters. The maximum Gasteiger partial charge on any atom is 0.231 e. The molecule has 2 saturated heterocycles. The van der Waals surface area contributed by atoms with E-state index in [0.717, 1.165) is 37.9 Å². The van der Waals surface area contributed by atoms with E-state index >= 15 is 0 Å². The number of hydrogen-bond acceptors (Lipinski definition) is 3. The molecule has 4 rings (SSSR count). The van der Waals surface area contributed by atoms with Crippen molar-refractivity contribution in [2.75, 3.05) is 26.2 Å². The van der Waals surface area contributed by atoms with Crippen LogP contribution in [0, 0.1) is 17.7 Å². The van der Waals surface area contributed by atoms with E-state index in [0.29, 0.717) is 6.54 Å². The summed E-state index contributed by atoms with van der Waals surface area (Å²) in [6.07, 6.45) is 2.87. The fourth-order valence-corrected chi connectivity index (χ4v) is 4.55. The molecule has 1 saturated carbocycles. The smallest absolute Gasteiger partial charge is 0.231 e. The maximum atomic E-state index is 13.3. The first kappa shape index (κ1) is 16.5. The number of fused-ring (bicyclic) bond motifs is 1. The lowest BCUT2D eigenvalue weighted by Crippen LogP contribution is -2.50. The van der Waals surface area contributed by atoms with Gasteiger partial charge in [-0.3, -0.25) is 14.5 Å². The average Bonchev–Trinajstić information content (AvgIpc) is 3.36. The predicted octanol–water partition coefficient (Wildman–Crippen LogP) is 1.34. The van der Waals surface area contributed by atoms with Crippen molar-refractivity contribution in [1.29, 1.82) is 0 Å².